The van der Waals surface area contributed by atoms with Crippen LogP contribution in [-0.2, 0) is 9.59 Å². The number of likely N-dealkylation sites (N-methyl/N-ethyl adjacent to an activating group) is 1. The van der Waals surface area contributed by atoms with E-state index in [1.54, 1.807) is 0 Å². The summed E-state index contributed by atoms with van der Waals surface area (Å²) in [6.07, 6.45) is 2.99. The van der Waals surface area contributed by atoms with Gasteiger partial charge in [0.1, 0.15) is 0 Å². The Morgan fingerprint density at radius 3 is 2.65 bits per heavy atom. The fourth-order valence-corrected chi connectivity index (χ4v) is 2.67. The van der Waals surface area contributed by atoms with Gasteiger partial charge in [-0.05, 0) is 26.9 Å². The Labute approximate surface area is 106 Å². The third-order valence-corrected chi connectivity index (χ3v) is 3.74. The number of carbonyl (C=O) groups excluding carboxylic acids is 2. The van der Waals surface area contributed by atoms with Gasteiger partial charge in [0.15, 0.2) is 0 Å². The van der Waals surface area contributed by atoms with E-state index in [2.05, 4.69) is 0 Å². The minimum Gasteiger partial charge on any atom is -0.308 e. The number of allylic oxidation sites excluding steroid dienone is 2. The molecule has 1 heterocycles. The Morgan fingerprint density at radius 1 is 1.35 bits per heavy atom. The number of likely N-dealkylation sites (tertiary alicyclic amines) is 1. The van der Waals surface area contributed by atoms with Gasteiger partial charge < -0.3 is 4.90 Å². The number of imide groups is 1. The number of halogens is 1. The molecule has 17 heavy (non-hydrogen) atoms. The molecule has 5 heteroatoms. The van der Waals surface area contributed by atoms with Crippen molar-refractivity contribution in [3.05, 3.63) is 11.1 Å². The average Bonchev–Trinajstić information content (AvgIpc) is 2.49. The fraction of sp³-hybridized carbons (Fsp3) is 0.667. The van der Waals surface area contributed by atoms with Crippen LogP contribution in [-0.4, -0.2) is 48.8 Å². The Bertz CT molecular complexity index is 379. The molecule has 0 N–H and O–H groups in total. The molecule has 4 nitrogen and oxygen atoms in total. The van der Waals surface area contributed by atoms with Crippen LogP contribution in [0, 0.1) is 11.8 Å². The van der Waals surface area contributed by atoms with E-state index in [0.29, 0.717) is 31.0 Å². The van der Waals surface area contributed by atoms with E-state index in [9.17, 15) is 9.59 Å². The van der Waals surface area contributed by atoms with Crippen molar-refractivity contribution in [1.29, 1.82) is 0 Å². The summed E-state index contributed by atoms with van der Waals surface area (Å²) in [7, 11) is 3.85. The molecule has 2 aliphatic rings. The molecule has 2 atom stereocenters. The van der Waals surface area contributed by atoms with Gasteiger partial charge in [-0.15, -0.1) is 0 Å². The third-order valence-electron chi connectivity index (χ3n) is 3.43. The van der Waals surface area contributed by atoms with Gasteiger partial charge in [-0.2, -0.15) is 0 Å². The zero-order chi connectivity index (χ0) is 12.6. The topological polar surface area (TPSA) is 40.6 Å². The van der Waals surface area contributed by atoms with Crippen LogP contribution in [0.15, 0.2) is 11.1 Å². The van der Waals surface area contributed by atoms with E-state index in [0.717, 1.165) is 0 Å². The largest absolute Gasteiger partial charge is 0.308 e. The zero-order valence-electron chi connectivity index (χ0n) is 10.1. The number of hydrogen-bond acceptors (Lipinski definition) is 3. The lowest BCUT2D eigenvalue weighted by Gasteiger charge is -2.17. The molecule has 0 saturated carbocycles. The molecule has 1 fully saturated rings. The van der Waals surface area contributed by atoms with Crippen LogP contribution in [0.1, 0.15) is 12.8 Å². The second-order valence-electron chi connectivity index (χ2n) is 4.94. The first-order chi connectivity index (χ1) is 8.00. The minimum atomic E-state index is -0.220. The van der Waals surface area contributed by atoms with E-state index >= 15 is 0 Å². The van der Waals surface area contributed by atoms with Crippen LogP contribution in [0.3, 0.4) is 0 Å². The second kappa shape index (κ2) is 4.78. The zero-order valence-corrected chi connectivity index (χ0v) is 10.9. The highest BCUT2D eigenvalue weighted by Crippen LogP contribution is 2.38. The molecule has 0 unspecified atom stereocenters. The van der Waals surface area contributed by atoms with Crippen LogP contribution in [0.4, 0.5) is 0 Å². The highest BCUT2D eigenvalue weighted by Gasteiger charge is 2.47. The highest BCUT2D eigenvalue weighted by molar-refractivity contribution is 6.30. The predicted octanol–water partition coefficient (Wildman–Crippen LogP) is 1.07. The van der Waals surface area contributed by atoms with Crippen molar-refractivity contribution in [2.45, 2.75) is 12.8 Å². The lowest BCUT2D eigenvalue weighted by atomic mass is 9.85. The predicted molar refractivity (Wildman–Crippen MR) is 65.4 cm³/mol. The summed E-state index contributed by atoms with van der Waals surface area (Å²) < 4.78 is 0. The Morgan fingerprint density at radius 2 is 2.00 bits per heavy atom. The smallest absolute Gasteiger partial charge is 0.233 e. The molecule has 0 aromatic heterocycles. The first-order valence-corrected chi connectivity index (χ1v) is 6.23. The Kier molecular flexibility index (Phi) is 3.54. The Hall–Kier alpha value is -0.870. The van der Waals surface area contributed by atoms with Crippen molar-refractivity contribution in [3.8, 4) is 0 Å². The van der Waals surface area contributed by atoms with E-state index in [1.807, 2.05) is 25.1 Å². The summed E-state index contributed by atoms with van der Waals surface area (Å²) in [6, 6.07) is 0. The summed E-state index contributed by atoms with van der Waals surface area (Å²) in [4.78, 5) is 27.6. The molecule has 2 amide bonds. The van der Waals surface area contributed by atoms with Crippen molar-refractivity contribution in [2.75, 3.05) is 27.2 Å². The molecule has 0 bridgehead atoms. The van der Waals surface area contributed by atoms with Crippen LogP contribution >= 0.6 is 11.6 Å². The molecular formula is C12H17ClN2O2. The van der Waals surface area contributed by atoms with Crippen molar-refractivity contribution in [3.63, 3.8) is 0 Å². The van der Waals surface area contributed by atoms with Crippen LogP contribution in [0.5, 0.6) is 0 Å². The molecule has 0 spiro atoms. The molecule has 1 saturated heterocycles. The second-order valence-corrected chi connectivity index (χ2v) is 5.42. The quantitative estimate of drug-likeness (QED) is 0.709. The molecule has 0 radical (unpaired) electrons. The molecule has 1 aliphatic heterocycles. The molecule has 0 aromatic carbocycles. The number of fused-ring (bicyclic) bond motifs is 1. The van der Waals surface area contributed by atoms with Crippen molar-refractivity contribution >= 4 is 23.4 Å². The van der Waals surface area contributed by atoms with Gasteiger partial charge in [0, 0.05) is 18.1 Å². The maximum atomic E-state index is 12.1. The Balaban J connectivity index is 2.08. The van der Waals surface area contributed by atoms with Crippen molar-refractivity contribution in [2.24, 2.45) is 11.8 Å². The normalized spacial score (nSPS) is 28.7. The monoisotopic (exact) mass is 256 g/mol. The summed E-state index contributed by atoms with van der Waals surface area (Å²) in [5.74, 6) is -0.468. The highest BCUT2D eigenvalue weighted by atomic mass is 35.5. The minimum absolute atomic E-state index is 0.0257. The van der Waals surface area contributed by atoms with Crippen molar-refractivity contribution in [1.82, 2.24) is 9.80 Å². The van der Waals surface area contributed by atoms with Gasteiger partial charge in [-0.1, -0.05) is 17.7 Å². The van der Waals surface area contributed by atoms with E-state index in [1.165, 1.54) is 4.90 Å². The molecule has 1 aliphatic carbocycles. The average molecular weight is 257 g/mol. The fourth-order valence-electron chi connectivity index (χ4n) is 2.42. The van der Waals surface area contributed by atoms with Gasteiger partial charge in [0.2, 0.25) is 11.8 Å². The first-order valence-electron chi connectivity index (χ1n) is 5.85. The summed E-state index contributed by atoms with van der Waals surface area (Å²) in [5.41, 5.74) is 0. The van der Waals surface area contributed by atoms with E-state index in [4.69, 9.17) is 11.6 Å². The maximum Gasteiger partial charge on any atom is 0.233 e. The number of hydrogen-bond donors (Lipinski definition) is 0. The summed E-state index contributed by atoms with van der Waals surface area (Å²) in [5, 5.41) is 0.710. The van der Waals surface area contributed by atoms with Gasteiger partial charge in [-0.3, -0.25) is 14.5 Å². The maximum absolute atomic E-state index is 12.1. The summed E-state index contributed by atoms with van der Waals surface area (Å²) >= 11 is 5.94. The van der Waals surface area contributed by atoms with Crippen LogP contribution < -0.4 is 0 Å². The van der Waals surface area contributed by atoms with Gasteiger partial charge in [-0.25, -0.2) is 0 Å². The van der Waals surface area contributed by atoms with Crippen LogP contribution in [0.2, 0.25) is 0 Å². The van der Waals surface area contributed by atoms with Crippen molar-refractivity contribution < 1.29 is 9.59 Å². The lowest BCUT2D eigenvalue weighted by Crippen LogP contribution is -2.36. The lowest BCUT2D eigenvalue weighted by molar-refractivity contribution is -0.140. The third kappa shape index (κ3) is 2.38. The van der Waals surface area contributed by atoms with Crippen LogP contribution in [0.25, 0.3) is 0 Å². The van der Waals surface area contributed by atoms with E-state index < -0.39 is 0 Å². The summed E-state index contributed by atoms with van der Waals surface area (Å²) in [6.45, 7) is 1.19. The number of rotatable bonds is 3. The van der Waals surface area contributed by atoms with Gasteiger partial charge >= 0.3 is 0 Å². The molecular weight excluding hydrogens is 240 g/mol. The standard InChI is InChI=1S/C12H17ClN2O2/c1-14(2)5-6-15-11(16)9-4-3-8(13)7-10(9)12(15)17/h3,9-10H,4-7H2,1-2H3/t9-,10+/m1/s1. The van der Waals surface area contributed by atoms with Gasteiger partial charge in [0.25, 0.3) is 0 Å². The SMILES string of the molecule is CN(C)CCN1C(=O)[C@H]2CC(Cl)=CC[C@H]2C1=O. The molecule has 2 rings (SSSR count). The van der Waals surface area contributed by atoms with Gasteiger partial charge in [0.05, 0.1) is 11.8 Å². The number of amides is 2. The number of carbonyl (C=O) groups is 2. The molecule has 94 valence electrons. The first kappa shape index (κ1) is 12.6. The van der Waals surface area contributed by atoms with E-state index in [-0.39, 0.29) is 23.7 Å². The number of nitrogens with zero attached hydrogens (tertiary/aromatic N) is 2. The molecule has 0 aromatic rings.